The summed E-state index contributed by atoms with van der Waals surface area (Å²) in [5.41, 5.74) is -0.615. The van der Waals surface area contributed by atoms with E-state index in [2.05, 4.69) is 0 Å². The van der Waals surface area contributed by atoms with Crippen molar-refractivity contribution in [1.29, 1.82) is 0 Å². The molecule has 0 bridgehead atoms. The second-order valence-corrected chi connectivity index (χ2v) is 5.28. The van der Waals surface area contributed by atoms with E-state index >= 15 is 0 Å². The van der Waals surface area contributed by atoms with Crippen LogP contribution in [0.25, 0.3) is 0 Å². The maximum Gasteiger partial charge on any atom is 0.391 e. The van der Waals surface area contributed by atoms with Gasteiger partial charge in [-0.15, -0.1) is 0 Å². The maximum atomic E-state index is 12.7. The van der Waals surface area contributed by atoms with Gasteiger partial charge in [0.2, 0.25) is 0 Å². The van der Waals surface area contributed by atoms with E-state index in [9.17, 15) is 18.3 Å². The van der Waals surface area contributed by atoms with Crippen LogP contribution in [0, 0.1) is 5.92 Å². The van der Waals surface area contributed by atoms with Crippen molar-refractivity contribution in [1.82, 2.24) is 0 Å². The number of ether oxygens (including phenoxy) is 1. The number of hydrogen-bond donors (Lipinski definition) is 1. The highest BCUT2D eigenvalue weighted by Gasteiger charge is 2.46. The Morgan fingerprint density at radius 1 is 1.25 bits per heavy atom. The Morgan fingerprint density at radius 3 is 2.40 bits per heavy atom. The van der Waals surface area contributed by atoms with Crippen molar-refractivity contribution in [3.05, 3.63) is 29.8 Å². The van der Waals surface area contributed by atoms with E-state index < -0.39 is 17.7 Å². The van der Waals surface area contributed by atoms with Crippen LogP contribution in [-0.2, 0) is 5.60 Å². The molecule has 0 spiro atoms. The molecule has 20 heavy (non-hydrogen) atoms. The lowest BCUT2D eigenvalue weighted by Crippen LogP contribution is -2.36. The Balaban J connectivity index is 2.18. The predicted molar refractivity (Wildman–Crippen MR) is 69.5 cm³/mol. The molecule has 0 amide bonds. The molecule has 1 N–H and O–H groups in total. The van der Waals surface area contributed by atoms with E-state index in [0.717, 1.165) is 0 Å². The van der Waals surface area contributed by atoms with E-state index in [1.165, 1.54) is 0 Å². The number of aliphatic hydroxyl groups is 1. The molecule has 5 heteroatoms. The Morgan fingerprint density at radius 2 is 1.85 bits per heavy atom. The summed E-state index contributed by atoms with van der Waals surface area (Å²) < 4.78 is 43.5. The van der Waals surface area contributed by atoms with Crippen LogP contribution < -0.4 is 4.74 Å². The summed E-state index contributed by atoms with van der Waals surface area (Å²) in [5.74, 6) is -0.745. The number of rotatable bonds is 3. The van der Waals surface area contributed by atoms with Crippen molar-refractivity contribution in [2.75, 3.05) is 6.61 Å². The van der Waals surface area contributed by atoms with E-state index in [0.29, 0.717) is 17.9 Å². The summed E-state index contributed by atoms with van der Waals surface area (Å²) in [6.07, 6.45) is -4.02. The lowest BCUT2D eigenvalue weighted by Gasteiger charge is -2.37. The number of benzene rings is 1. The first-order chi connectivity index (χ1) is 9.37. The first-order valence-corrected chi connectivity index (χ1v) is 6.88. The van der Waals surface area contributed by atoms with Gasteiger partial charge in [0.05, 0.1) is 18.1 Å². The fourth-order valence-electron chi connectivity index (χ4n) is 2.82. The van der Waals surface area contributed by atoms with E-state index in [4.69, 9.17) is 4.74 Å². The first-order valence-electron chi connectivity index (χ1n) is 6.88. The van der Waals surface area contributed by atoms with Crippen molar-refractivity contribution >= 4 is 0 Å². The van der Waals surface area contributed by atoms with Gasteiger partial charge >= 0.3 is 6.18 Å². The van der Waals surface area contributed by atoms with Crippen LogP contribution >= 0.6 is 0 Å². The van der Waals surface area contributed by atoms with Crippen LogP contribution in [0.15, 0.2) is 24.3 Å². The molecular weight excluding hydrogens is 269 g/mol. The minimum atomic E-state index is -4.17. The highest BCUT2D eigenvalue weighted by molar-refractivity contribution is 5.38. The molecule has 0 unspecified atom stereocenters. The molecule has 0 aliphatic heterocycles. The summed E-state index contributed by atoms with van der Waals surface area (Å²) in [5, 5.41) is 10.7. The highest BCUT2D eigenvalue weighted by atomic mass is 19.4. The molecule has 2 rings (SSSR count). The molecule has 0 heterocycles. The number of hydrogen-bond acceptors (Lipinski definition) is 2. The SMILES string of the molecule is CCOc1ccccc1C1(O)CCC(C(F)(F)F)CC1. The minimum Gasteiger partial charge on any atom is -0.493 e. The van der Waals surface area contributed by atoms with E-state index in [1.54, 1.807) is 24.3 Å². The fraction of sp³-hybridized carbons (Fsp3) is 0.600. The van der Waals surface area contributed by atoms with Crippen molar-refractivity contribution in [3.63, 3.8) is 0 Å². The van der Waals surface area contributed by atoms with Gasteiger partial charge in [-0.05, 0) is 38.7 Å². The van der Waals surface area contributed by atoms with Gasteiger partial charge in [-0.3, -0.25) is 0 Å². The minimum absolute atomic E-state index is 0.0412. The molecule has 2 nitrogen and oxygen atoms in total. The Hall–Kier alpha value is -1.23. The topological polar surface area (TPSA) is 29.5 Å². The van der Waals surface area contributed by atoms with E-state index in [1.807, 2.05) is 6.92 Å². The molecule has 1 saturated carbocycles. The van der Waals surface area contributed by atoms with Crippen molar-refractivity contribution in [2.45, 2.75) is 44.4 Å². The van der Waals surface area contributed by atoms with Gasteiger partial charge in [-0.25, -0.2) is 0 Å². The molecular formula is C15H19F3O2. The molecule has 0 aromatic heterocycles. The Labute approximate surface area is 116 Å². The van der Waals surface area contributed by atoms with Crippen molar-refractivity contribution in [3.8, 4) is 5.75 Å². The largest absolute Gasteiger partial charge is 0.493 e. The van der Waals surface area contributed by atoms with Gasteiger partial charge in [-0.2, -0.15) is 13.2 Å². The molecule has 0 atom stereocenters. The summed E-state index contributed by atoms with van der Waals surface area (Å²) in [4.78, 5) is 0. The van der Waals surface area contributed by atoms with Crippen LogP contribution in [0.4, 0.5) is 13.2 Å². The first kappa shape index (κ1) is 15.2. The van der Waals surface area contributed by atoms with Crippen molar-refractivity contribution < 1.29 is 23.0 Å². The van der Waals surface area contributed by atoms with Crippen molar-refractivity contribution in [2.24, 2.45) is 5.92 Å². The van der Waals surface area contributed by atoms with Crippen LogP contribution in [0.1, 0.15) is 38.2 Å². The Kier molecular flexibility index (Phi) is 4.28. The molecule has 1 aliphatic carbocycles. The molecule has 1 aliphatic rings. The summed E-state index contributed by atoms with van der Waals surface area (Å²) in [6, 6.07) is 7.04. The van der Waals surface area contributed by atoms with Gasteiger partial charge in [0, 0.05) is 5.56 Å². The number of para-hydroxylation sites is 1. The Bertz CT molecular complexity index is 449. The average molecular weight is 288 g/mol. The zero-order chi connectivity index (χ0) is 14.8. The summed E-state index contributed by atoms with van der Waals surface area (Å²) >= 11 is 0. The van der Waals surface area contributed by atoms with E-state index in [-0.39, 0.29) is 25.7 Å². The number of halogens is 3. The van der Waals surface area contributed by atoms with Crippen LogP contribution in [-0.4, -0.2) is 17.9 Å². The zero-order valence-electron chi connectivity index (χ0n) is 11.4. The fourth-order valence-corrected chi connectivity index (χ4v) is 2.82. The second-order valence-electron chi connectivity index (χ2n) is 5.28. The normalized spacial score (nSPS) is 27.4. The third-order valence-electron chi connectivity index (χ3n) is 3.96. The third-order valence-corrected chi connectivity index (χ3v) is 3.96. The molecule has 1 aromatic rings. The molecule has 1 aromatic carbocycles. The average Bonchev–Trinajstić information content (AvgIpc) is 2.39. The van der Waals surface area contributed by atoms with Crippen LogP contribution in [0.5, 0.6) is 5.75 Å². The van der Waals surface area contributed by atoms with Gasteiger partial charge in [-0.1, -0.05) is 18.2 Å². The molecule has 112 valence electrons. The quantitative estimate of drug-likeness (QED) is 0.910. The summed E-state index contributed by atoms with van der Waals surface area (Å²) in [7, 11) is 0. The molecule has 0 radical (unpaired) electrons. The molecule has 1 fully saturated rings. The van der Waals surface area contributed by atoms with Gasteiger partial charge in [0.1, 0.15) is 5.75 Å². The van der Waals surface area contributed by atoms with Crippen LogP contribution in [0.3, 0.4) is 0 Å². The molecule has 0 saturated heterocycles. The summed E-state index contributed by atoms with van der Waals surface area (Å²) in [6.45, 7) is 2.29. The predicted octanol–water partition coefficient (Wildman–Crippen LogP) is 4.03. The lowest BCUT2D eigenvalue weighted by atomic mass is 9.74. The zero-order valence-corrected chi connectivity index (χ0v) is 11.4. The second kappa shape index (κ2) is 5.64. The standard InChI is InChI=1S/C15H19F3O2/c1-2-20-13-6-4-3-5-12(13)14(19)9-7-11(8-10-14)15(16,17)18/h3-6,11,19H,2,7-10H2,1H3. The van der Waals surface area contributed by atoms with Gasteiger partial charge in [0.25, 0.3) is 0 Å². The third kappa shape index (κ3) is 3.08. The maximum absolute atomic E-state index is 12.7. The monoisotopic (exact) mass is 288 g/mol. The lowest BCUT2D eigenvalue weighted by molar-refractivity contribution is -0.193. The smallest absolute Gasteiger partial charge is 0.391 e. The van der Waals surface area contributed by atoms with Gasteiger partial charge in [0.15, 0.2) is 0 Å². The van der Waals surface area contributed by atoms with Crippen LogP contribution in [0.2, 0.25) is 0 Å². The number of alkyl halides is 3. The highest BCUT2D eigenvalue weighted by Crippen LogP contribution is 2.47. The van der Waals surface area contributed by atoms with Gasteiger partial charge < -0.3 is 9.84 Å².